The van der Waals surface area contributed by atoms with Crippen LogP contribution in [0.2, 0.25) is 0 Å². The fourth-order valence-electron chi connectivity index (χ4n) is 4.05. The van der Waals surface area contributed by atoms with Gasteiger partial charge in [-0.1, -0.05) is 19.8 Å². The summed E-state index contributed by atoms with van der Waals surface area (Å²) in [5.41, 5.74) is -0.794. The van der Waals surface area contributed by atoms with Gasteiger partial charge in [0.15, 0.2) is 0 Å². The van der Waals surface area contributed by atoms with E-state index in [-0.39, 0.29) is 12.1 Å². The van der Waals surface area contributed by atoms with Crippen LogP contribution in [0.25, 0.3) is 0 Å². The lowest BCUT2D eigenvalue weighted by molar-refractivity contribution is -0.151. The first-order chi connectivity index (χ1) is 9.91. The predicted octanol–water partition coefficient (Wildman–Crippen LogP) is 3.35. The van der Waals surface area contributed by atoms with Gasteiger partial charge in [-0.15, -0.1) is 0 Å². The summed E-state index contributed by atoms with van der Waals surface area (Å²) >= 11 is 0. The lowest BCUT2D eigenvalue weighted by Gasteiger charge is -2.41. The Morgan fingerprint density at radius 2 is 1.95 bits per heavy atom. The average molecular weight is 297 g/mol. The smallest absolute Gasteiger partial charge is 0.324 e. The molecular weight excluding hydrogens is 266 g/mol. The summed E-state index contributed by atoms with van der Waals surface area (Å²) < 4.78 is 6.29. The first-order valence-electron chi connectivity index (χ1n) is 8.58. The van der Waals surface area contributed by atoms with E-state index in [0.717, 1.165) is 31.6 Å². The molecule has 4 unspecified atom stereocenters. The van der Waals surface area contributed by atoms with Crippen molar-refractivity contribution in [1.82, 2.24) is 5.32 Å². The van der Waals surface area contributed by atoms with E-state index < -0.39 is 11.5 Å². The van der Waals surface area contributed by atoms with E-state index in [1.165, 1.54) is 12.8 Å². The molecule has 0 aromatic heterocycles. The van der Waals surface area contributed by atoms with Crippen LogP contribution in [0.4, 0.5) is 0 Å². The molecule has 4 atom stereocenters. The highest BCUT2D eigenvalue weighted by Crippen LogP contribution is 2.34. The summed E-state index contributed by atoms with van der Waals surface area (Å²) in [6.45, 7) is 6.31. The predicted molar refractivity (Wildman–Crippen MR) is 83.4 cm³/mol. The van der Waals surface area contributed by atoms with Gasteiger partial charge in [-0.2, -0.15) is 0 Å². The van der Waals surface area contributed by atoms with E-state index in [1.54, 1.807) is 0 Å². The van der Waals surface area contributed by atoms with Gasteiger partial charge in [0, 0.05) is 12.5 Å². The van der Waals surface area contributed by atoms with Crippen LogP contribution >= 0.6 is 0 Å². The van der Waals surface area contributed by atoms with Crippen molar-refractivity contribution in [2.24, 2.45) is 5.92 Å². The van der Waals surface area contributed by atoms with Crippen LogP contribution in [0, 0.1) is 5.92 Å². The van der Waals surface area contributed by atoms with Crippen LogP contribution in [0.5, 0.6) is 0 Å². The van der Waals surface area contributed by atoms with Crippen molar-refractivity contribution in [2.45, 2.75) is 95.9 Å². The molecule has 0 aromatic carbocycles. The average Bonchev–Trinajstić information content (AvgIpc) is 2.38. The third kappa shape index (κ3) is 4.43. The zero-order chi connectivity index (χ0) is 15.5. The molecule has 122 valence electrons. The highest BCUT2D eigenvalue weighted by molar-refractivity contribution is 5.79. The number of carbonyl (C=O) groups is 1. The van der Waals surface area contributed by atoms with E-state index in [2.05, 4.69) is 12.2 Å². The zero-order valence-electron chi connectivity index (χ0n) is 13.7. The minimum atomic E-state index is -0.794. The van der Waals surface area contributed by atoms with Gasteiger partial charge < -0.3 is 9.84 Å². The van der Waals surface area contributed by atoms with Gasteiger partial charge in [-0.25, -0.2) is 0 Å². The molecule has 0 radical (unpaired) electrons. The minimum Gasteiger partial charge on any atom is -0.480 e. The molecular formula is C17H31NO3. The molecule has 4 nitrogen and oxygen atoms in total. The minimum absolute atomic E-state index is 0.0939. The maximum atomic E-state index is 11.8. The number of nitrogens with one attached hydrogen (secondary N) is 1. The Morgan fingerprint density at radius 1 is 1.24 bits per heavy atom. The molecule has 2 aliphatic carbocycles. The first-order valence-corrected chi connectivity index (χ1v) is 8.58. The maximum Gasteiger partial charge on any atom is 0.324 e. The molecule has 0 spiro atoms. The molecule has 0 aliphatic heterocycles. The van der Waals surface area contributed by atoms with E-state index in [4.69, 9.17) is 4.74 Å². The largest absolute Gasteiger partial charge is 0.480 e. The molecule has 0 aromatic rings. The summed E-state index contributed by atoms with van der Waals surface area (Å²) in [4.78, 5) is 11.8. The zero-order valence-corrected chi connectivity index (χ0v) is 13.7. The van der Waals surface area contributed by atoms with Crippen LogP contribution in [0.1, 0.15) is 72.1 Å². The third-order valence-corrected chi connectivity index (χ3v) is 4.95. The highest BCUT2D eigenvalue weighted by atomic mass is 16.5. The van der Waals surface area contributed by atoms with Crippen LogP contribution < -0.4 is 5.32 Å². The number of carboxylic acid groups (broad SMARTS) is 1. The van der Waals surface area contributed by atoms with Crippen LogP contribution in [0.15, 0.2) is 0 Å². The van der Waals surface area contributed by atoms with E-state index in [0.29, 0.717) is 18.9 Å². The number of ether oxygens (including phenoxy) is 1. The molecule has 2 fully saturated rings. The Hall–Kier alpha value is -0.610. The Morgan fingerprint density at radius 3 is 2.57 bits per heavy atom. The summed E-state index contributed by atoms with van der Waals surface area (Å²) in [7, 11) is 0. The summed E-state index contributed by atoms with van der Waals surface area (Å²) in [6, 6.07) is 0.176. The maximum absolute atomic E-state index is 11.8. The second kappa shape index (κ2) is 7.10. The topological polar surface area (TPSA) is 58.6 Å². The number of rotatable bonds is 5. The Kier molecular flexibility index (Phi) is 5.67. The number of carboxylic acids is 1. The number of hydrogen-bond donors (Lipinski definition) is 2. The monoisotopic (exact) mass is 297 g/mol. The molecule has 2 N–H and O–H groups in total. The molecule has 2 rings (SSSR count). The normalized spacial score (nSPS) is 37.6. The van der Waals surface area contributed by atoms with Gasteiger partial charge in [-0.05, 0) is 51.9 Å². The third-order valence-electron chi connectivity index (χ3n) is 4.95. The summed E-state index contributed by atoms with van der Waals surface area (Å²) in [6.07, 6.45) is 8.49. The molecule has 4 heteroatoms. The van der Waals surface area contributed by atoms with E-state index >= 15 is 0 Å². The molecule has 0 heterocycles. The van der Waals surface area contributed by atoms with Crippen molar-refractivity contribution < 1.29 is 14.6 Å². The van der Waals surface area contributed by atoms with Crippen molar-refractivity contribution >= 4 is 5.97 Å². The van der Waals surface area contributed by atoms with Crippen LogP contribution in [0.3, 0.4) is 0 Å². The van der Waals surface area contributed by atoms with Crippen molar-refractivity contribution in [3.05, 3.63) is 0 Å². The highest BCUT2D eigenvalue weighted by Gasteiger charge is 2.44. The summed E-state index contributed by atoms with van der Waals surface area (Å²) in [5, 5.41) is 13.0. The van der Waals surface area contributed by atoms with Gasteiger partial charge in [0.1, 0.15) is 5.54 Å². The molecule has 2 aliphatic rings. The standard InChI is InChI=1S/C17H31NO3/c1-12(2)18-17(16(19)20)9-5-8-15(11-17)21-14-7-4-6-13(3)10-14/h12-15,18H,4-11H2,1-3H3,(H,19,20). The second-order valence-corrected chi connectivity index (χ2v) is 7.43. The van der Waals surface area contributed by atoms with Crippen molar-refractivity contribution in [3.8, 4) is 0 Å². The molecule has 21 heavy (non-hydrogen) atoms. The lowest BCUT2D eigenvalue weighted by atomic mass is 9.79. The van der Waals surface area contributed by atoms with Crippen LogP contribution in [-0.4, -0.2) is 34.9 Å². The lowest BCUT2D eigenvalue weighted by Crippen LogP contribution is -2.58. The second-order valence-electron chi connectivity index (χ2n) is 7.43. The summed E-state index contributed by atoms with van der Waals surface area (Å²) in [5.74, 6) is 0.0203. The Balaban J connectivity index is 1.96. The van der Waals surface area contributed by atoms with Crippen LogP contribution in [-0.2, 0) is 9.53 Å². The van der Waals surface area contributed by atoms with Gasteiger partial charge in [-0.3, -0.25) is 10.1 Å². The SMILES string of the molecule is CC1CCCC(OC2CCCC(NC(C)C)(C(=O)O)C2)C1. The van der Waals surface area contributed by atoms with Crippen molar-refractivity contribution in [1.29, 1.82) is 0 Å². The Bertz CT molecular complexity index is 358. The molecule has 2 saturated carbocycles. The van der Waals surface area contributed by atoms with Gasteiger partial charge in [0.05, 0.1) is 12.2 Å². The first kappa shape index (κ1) is 16.8. The van der Waals surface area contributed by atoms with Gasteiger partial charge in [0.25, 0.3) is 0 Å². The fraction of sp³-hybridized carbons (Fsp3) is 0.941. The molecule has 0 amide bonds. The van der Waals surface area contributed by atoms with E-state index in [1.807, 2.05) is 13.8 Å². The molecule has 0 bridgehead atoms. The Labute approximate surface area is 128 Å². The van der Waals surface area contributed by atoms with Crippen molar-refractivity contribution in [3.63, 3.8) is 0 Å². The number of hydrogen-bond acceptors (Lipinski definition) is 3. The van der Waals surface area contributed by atoms with Gasteiger partial charge >= 0.3 is 5.97 Å². The van der Waals surface area contributed by atoms with E-state index in [9.17, 15) is 9.90 Å². The van der Waals surface area contributed by atoms with Gasteiger partial charge in [0.2, 0.25) is 0 Å². The number of aliphatic carboxylic acids is 1. The van der Waals surface area contributed by atoms with Crippen molar-refractivity contribution in [2.75, 3.05) is 0 Å². The molecule has 0 saturated heterocycles. The fourth-order valence-corrected chi connectivity index (χ4v) is 4.05. The quantitative estimate of drug-likeness (QED) is 0.817.